The van der Waals surface area contributed by atoms with Crippen molar-refractivity contribution in [1.29, 1.82) is 5.26 Å². The SMILES string of the molecule is Cc1cc(C(=O)C(C#N)C(=O)C(C)(C)C)c([N+](=O)[O-])c(C)c1Cl. The number of nitrogens with zero attached hydrogens (tertiary/aromatic N) is 2. The summed E-state index contributed by atoms with van der Waals surface area (Å²) in [6, 6.07) is 2.93. The Morgan fingerprint density at radius 1 is 1.35 bits per heavy atom. The molecule has 0 aromatic heterocycles. The fourth-order valence-corrected chi connectivity index (χ4v) is 2.34. The Balaban J connectivity index is 3.58. The largest absolute Gasteiger partial charge is 0.297 e. The maximum absolute atomic E-state index is 12.6. The normalized spacial score (nSPS) is 12.4. The molecule has 0 heterocycles. The van der Waals surface area contributed by atoms with Crippen LogP contribution in [-0.2, 0) is 4.79 Å². The van der Waals surface area contributed by atoms with E-state index in [1.807, 2.05) is 0 Å². The number of ketones is 2. The van der Waals surface area contributed by atoms with Crippen LogP contribution in [-0.4, -0.2) is 16.5 Å². The summed E-state index contributed by atoms with van der Waals surface area (Å²) in [4.78, 5) is 35.5. The zero-order chi connectivity index (χ0) is 18.1. The first-order valence-electron chi connectivity index (χ1n) is 6.85. The second kappa shape index (κ2) is 6.47. The zero-order valence-corrected chi connectivity index (χ0v) is 14.3. The molecule has 1 aromatic carbocycles. The third-order valence-electron chi connectivity index (χ3n) is 3.49. The van der Waals surface area contributed by atoms with E-state index in [9.17, 15) is 25.0 Å². The van der Waals surface area contributed by atoms with Gasteiger partial charge in [0.05, 0.1) is 21.6 Å². The number of carbonyl (C=O) groups excluding carboxylic acids is 2. The molecular formula is C16H17ClN2O4. The van der Waals surface area contributed by atoms with Crippen LogP contribution in [0.15, 0.2) is 6.07 Å². The molecule has 0 spiro atoms. The van der Waals surface area contributed by atoms with Crippen LogP contribution >= 0.6 is 11.6 Å². The number of nitro groups is 1. The van der Waals surface area contributed by atoms with Gasteiger partial charge in [-0.25, -0.2) is 0 Å². The van der Waals surface area contributed by atoms with Gasteiger partial charge in [0.2, 0.25) is 0 Å². The van der Waals surface area contributed by atoms with Gasteiger partial charge in [0.15, 0.2) is 17.5 Å². The lowest BCUT2D eigenvalue weighted by atomic mass is 9.80. The number of nitro benzene ring substituents is 1. The van der Waals surface area contributed by atoms with Gasteiger partial charge in [-0.05, 0) is 25.5 Å². The summed E-state index contributed by atoms with van der Waals surface area (Å²) in [7, 11) is 0. The van der Waals surface area contributed by atoms with Crippen LogP contribution in [0.1, 0.15) is 42.3 Å². The summed E-state index contributed by atoms with van der Waals surface area (Å²) in [5.74, 6) is -3.04. The van der Waals surface area contributed by atoms with E-state index < -0.39 is 33.5 Å². The first-order chi connectivity index (χ1) is 10.4. The number of hydrogen-bond donors (Lipinski definition) is 0. The van der Waals surface area contributed by atoms with Gasteiger partial charge in [-0.2, -0.15) is 5.26 Å². The fourth-order valence-electron chi connectivity index (χ4n) is 2.20. The number of nitriles is 1. The molecule has 0 aliphatic carbocycles. The van der Waals surface area contributed by atoms with Crippen LogP contribution in [0, 0.1) is 46.6 Å². The molecule has 1 rings (SSSR count). The molecule has 0 bridgehead atoms. The van der Waals surface area contributed by atoms with Crippen molar-refractivity contribution in [3.63, 3.8) is 0 Å². The van der Waals surface area contributed by atoms with Crippen molar-refractivity contribution < 1.29 is 14.5 Å². The standard InChI is InChI=1S/C16H17ClN2O4/c1-8-6-10(13(19(22)23)9(2)12(8)17)14(20)11(7-18)15(21)16(3,4)5/h6,11H,1-5H3. The number of halogens is 1. The molecule has 122 valence electrons. The van der Waals surface area contributed by atoms with Crippen LogP contribution in [0.4, 0.5) is 5.69 Å². The van der Waals surface area contributed by atoms with Crippen LogP contribution in [0.3, 0.4) is 0 Å². The lowest BCUT2D eigenvalue weighted by Gasteiger charge is -2.19. The molecule has 1 unspecified atom stereocenters. The maximum Gasteiger partial charge on any atom is 0.284 e. The van der Waals surface area contributed by atoms with Crippen LogP contribution < -0.4 is 0 Å². The predicted molar refractivity (Wildman–Crippen MR) is 85.5 cm³/mol. The number of Topliss-reactive ketones (excluding diaryl/α,β-unsaturated/α-hetero) is 2. The van der Waals surface area contributed by atoms with E-state index in [2.05, 4.69) is 0 Å². The van der Waals surface area contributed by atoms with Gasteiger partial charge in [-0.3, -0.25) is 19.7 Å². The highest BCUT2D eigenvalue weighted by atomic mass is 35.5. The maximum atomic E-state index is 12.6. The van der Waals surface area contributed by atoms with Crippen molar-refractivity contribution in [3.8, 4) is 6.07 Å². The summed E-state index contributed by atoms with van der Waals surface area (Å²) >= 11 is 6.00. The molecule has 6 nitrogen and oxygen atoms in total. The van der Waals surface area contributed by atoms with E-state index >= 15 is 0 Å². The van der Waals surface area contributed by atoms with Gasteiger partial charge in [0.1, 0.15) is 0 Å². The number of rotatable bonds is 4. The van der Waals surface area contributed by atoms with Gasteiger partial charge in [-0.15, -0.1) is 0 Å². The number of carbonyl (C=O) groups is 2. The minimum absolute atomic E-state index is 0.139. The minimum atomic E-state index is -1.59. The smallest absolute Gasteiger partial charge is 0.284 e. The molecular weight excluding hydrogens is 320 g/mol. The average Bonchev–Trinajstić information content (AvgIpc) is 2.43. The summed E-state index contributed by atoms with van der Waals surface area (Å²) in [6.45, 7) is 7.78. The highest BCUT2D eigenvalue weighted by Gasteiger charge is 2.38. The van der Waals surface area contributed by atoms with Crippen molar-refractivity contribution in [2.45, 2.75) is 34.6 Å². The Morgan fingerprint density at radius 3 is 2.26 bits per heavy atom. The van der Waals surface area contributed by atoms with E-state index in [1.54, 1.807) is 33.8 Å². The van der Waals surface area contributed by atoms with Crippen molar-refractivity contribution in [1.82, 2.24) is 0 Å². The molecule has 0 fully saturated rings. The van der Waals surface area contributed by atoms with E-state index in [1.165, 1.54) is 13.0 Å². The molecule has 1 aromatic rings. The van der Waals surface area contributed by atoms with Gasteiger partial charge in [0.25, 0.3) is 5.69 Å². The molecule has 0 aliphatic heterocycles. The first kappa shape index (κ1) is 18.8. The van der Waals surface area contributed by atoms with Crippen molar-refractivity contribution in [3.05, 3.63) is 37.9 Å². The minimum Gasteiger partial charge on any atom is -0.297 e. The van der Waals surface area contributed by atoms with E-state index in [4.69, 9.17) is 11.6 Å². The zero-order valence-electron chi connectivity index (χ0n) is 13.6. The Labute approximate surface area is 139 Å². The molecule has 0 aliphatic rings. The first-order valence-corrected chi connectivity index (χ1v) is 7.23. The topological polar surface area (TPSA) is 101 Å². The molecule has 0 N–H and O–H groups in total. The summed E-state index contributed by atoms with van der Waals surface area (Å²) in [5, 5.41) is 20.7. The molecule has 0 amide bonds. The third-order valence-corrected chi connectivity index (χ3v) is 4.07. The predicted octanol–water partition coefficient (Wildman–Crippen LogP) is 3.80. The van der Waals surface area contributed by atoms with E-state index in [-0.39, 0.29) is 16.1 Å². The van der Waals surface area contributed by atoms with Gasteiger partial charge < -0.3 is 0 Å². The highest BCUT2D eigenvalue weighted by Crippen LogP contribution is 2.34. The fraction of sp³-hybridized carbons (Fsp3) is 0.438. The quantitative estimate of drug-likeness (QED) is 0.360. The average molecular weight is 337 g/mol. The Morgan fingerprint density at radius 2 is 1.87 bits per heavy atom. The van der Waals surface area contributed by atoms with Gasteiger partial charge >= 0.3 is 0 Å². The van der Waals surface area contributed by atoms with Crippen molar-refractivity contribution >= 4 is 28.9 Å². The van der Waals surface area contributed by atoms with Gasteiger partial charge in [0, 0.05) is 11.0 Å². The lowest BCUT2D eigenvalue weighted by Crippen LogP contribution is -2.33. The second-order valence-electron chi connectivity index (χ2n) is 6.33. The van der Waals surface area contributed by atoms with E-state index in [0.717, 1.165) is 0 Å². The van der Waals surface area contributed by atoms with Crippen LogP contribution in [0.25, 0.3) is 0 Å². The lowest BCUT2D eigenvalue weighted by molar-refractivity contribution is -0.385. The number of hydrogen-bond acceptors (Lipinski definition) is 5. The molecule has 0 radical (unpaired) electrons. The Kier molecular flexibility index (Phi) is 5.28. The number of benzene rings is 1. The Bertz CT molecular complexity index is 742. The molecule has 1 atom stereocenters. The highest BCUT2D eigenvalue weighted by molar-refractivity contribution is 6.32. The van der Waals surface area contributed by atoms with Crippen molar-refractivity contribution in [2.24, 2.45) is 11.3 Å². The van der Waals surface area contributed by atoms with E-state index in [0.29, 0.717) is 5.56 Å². The summed E-state index contributed by atoms with van der Waals surface area (Å²) < 4.78 is 0. The van der Waals surface area contributed by atoms with Crippen LogP contribution in [0.5, 0.6) is 0 Å². The van der Waals surface area contributed by atoms with Crippen molar-refractivity contribution in [2.75, 3.05) is 0 Å². The second-order valence-corrected chi connectivity index (χ2v) is 6.70. The monoisotopic (exact) mass is 336 g/mol. The summed E-state index contributed by atoms with van der Waals surface area (Å²) in [6.07, 6.45) is 0. The number of aryl methyl sites for hydroxylation is 1. The third kappa shape index (κ3) is 3.57. The Hall–Kier alpha value is -2.26. The van der Waals surface area contributed by atoms with Gasteiger partial charge in [-0.1, -0.05) is 32.4 Å². The molecule has 0 saturated heterocycles. The summed E-state index contributed by atoms with van der Waals surface area (Å²) in [5.41, 5.74) is -1.04. The molecule has 0 saturated carbocycles. The molecule has 23 heavy (non-hydrogen) atoms. The van der Waals surface area contributed by atoms with Crippen LogP contribution in [0.2, 0.25) is 5.02 Å². The molecule has 7 heteroatoms.